The van der Waals surface area contributed by atoms with Gasteiger partial charge in [0.2, 0.25) is 10.0 Å². The third-order valence-corrected chi connectivity index (χ3v) is 6.42. The second kappa shape index (κ2) is 6.32. The van der Waals surface area contributed by atoms with E-state index in [9.17, 15) is 8.42 Å². The molecule has 2 fully saturated rings. The molecule has 2 aliphatic rings. The van der Waals surface area contributed by atoms with Crippen LogP contribution in [0.25, 0.3) is 0 Å². The van der Waals surface area contributed by atoms with Crippen LogP contribution in [-0.4, -0.2) is 55.5 Å². The Hall–Kier alpha value is -0.170. The van der Waals surface area contributed by atoms with Crippen molar-refractivity contribution < 1.29 is 18.3 Å². The fourth-order valence-corrected chi connectivity index (χ4v) is 5.11. The van der Waals surface area contributed by atoms with E-state index in [-0.39, 0.29) is 24.4 Å². The highest BCUT2D eigenvalue weighted by molar-refractivity contribution is 7.89. The Balaban J connectivity index is 2.11. The standard InChI is InChI=1S/C12H23NO4S/c14-8-7-13(11-3-1-2-4-11)18(15,16)12-5-9-17-10-6-12/h11-12,14H,1-10H2. The third kappa shape index (κ3) is 3.04. The molecule has 0 aromatic rings. The van der Waals surface area contributed by atoms with Gasteiger partial charge in [0, 0.05) is 25.8 Å². The van der Waals surface area contributed by atoms with E-state index in [0.29, 0.717) is 26.1 Å². The van der Waals surface area contributed by atoms with E-state index < -0.39 is 10.0 Å². The summed E-state index contributed by atoms with van der Waals surface area (Å²) in [6.45, 7) is 1.20. The summed E-state index contributed by atoms with van der Waals surface area (Å²) in [7, 11) is -3.28. The summed E-state index contributed by atoms with van der Waals surface area (Å²) >= 11 is 0. The van der Waals surface area contributed by atoms with Crippen LogP contribution in [0.1, 0.15) is 38.5 Å². The summed E-state index contributed by atoms with van der Waals surface area (Å²) in [4.78, 5) is 0. The summed E-state index contributed by atoms with van der Waals surface area (Å²) < 4.78 is 32.0. The van der Waals surface area contributed by atoms with Gasteiger partial charge >= 0.3 is 0 Å². The van der Waals surface area contributed by atoms with Crippen LogP contribution in [-0.2, 0) is 14.8 Å². The largest absolute Gasteiger partial charge is 0.395 e. The summed E-state index contributed by atoms with van der Waals surface area (Å²) in [5, 5.41) is 8.81. The molecule has 18 heavy (non-hydrogen) atoms. The number of aliphatic hydroxyl groups excluding tert-OH is 1. The Bertz CT molecular complexity index is 345. The third-order valence-electron chi connectivity index (χ3n) is 3.97. The molecule has 0 spiro atoms. The summed E-state index contributed by atoms with van der Waals surface area (Å²) in [6.07, 6.45) is 5.21. The van der Waals surface area contributed by atoms with E-state index >= 15 is 0 Å². The lowest BCUT2D eigenvalue weighted by atomic mass is 10.2. The van der Waals surface area contributed by atoms with Gasteiger partial charge in [-0.2, -0.15) is 4.31 Å². The maximum Gasteiger partial charge on any atom is 0.217 e. The van der Waals surface area contributed by atoms with Gasteiger partial charge < -0.3 is 9.84 Å². The van der Waals surface area contributed by atoms with Crippen molar-refractivity contribution in [2.24, 2.45) is 0 Å². The van der Waals surface area contributed by atoms with Gasteiger partial charge in [0.1, 0.15) is 0 Å². The SMILES string of the molecule is O=S(=O)(C1CCOCC1)N(CCO)C1CCCC1. The number of ether oxygens (including phenoxy) is 1. The molecule has 1 saturated heterocycles. The number of hydrogen-bond donors (Lipinski definition) is 1. The van der Waals surface area contributed by atoms with Crippen LogP contribution in [0.4, 0.5) is 0 Å². The van der Waals surface area contributed by atoms with Gasteiger partial charge in [0.15, 0.2) is 0 Å². The molecule has 1 aliphatic heterocycles. The zero-order chi connectivity index (χ0) is 13.0. The molecule has 106 valence electrons. The van der Waals surface area contributed by atoms with Crippen molar-refractivity contribution in [3.8, 4) is 0 Å². The van der Waals surface area contributed by atoms with Gasteiger partial charge in [-0.15, -0.1) is 0 Å². The number of nitrogens with zero attached hydrogens (tertiary/aromatic N) is 1. The molecule has 0 aromatic heterocycles. The van der Waals surface area contributed by atoms with Gasteiger partial charge in [0.25, 0.3) is 0 Å². The van der Waals surface area contributed by atoms with Gasteiger partial charge in [-0.05, 0) is 25.7 Å². The molecule has 1 aliphatic carbocycles. The molecule has 1 saturated carbocycles. The molecule has 0 radical (unpaired) electrons. The lowest BCUT2D eigenvalue weighted by molar-refractivity contribution is 0.0964. The Labute approximate surface area is 109 Å². The van der Waals surface area contributed by atoms with Crippen LogP contribution >= 0.6 is 0 Å². The average molecular weight is 277 g/mol. The number of rotatable bonds is 5. The van der Waals surface area contributed by atoms with Crippen LogP contribution < -0.4 is 0 Å². The summed E-state index contributed by atoms with van der Waals surface area (Å²) in [6, 6.07) is 0.102. The minimum atomic E-state index is -3.28. The first-order valence-electron chi connectivity index (χ1n) is 6.85. The molecule has 0 amide bonds. The van der Waals surface area contributed by atoms with Crippen molar-refractivity contribution in [3.63, 3.8) is 0 Å². The molecule has 2 rings (SSSR count). The predicted molar refractivity (Wildman–Crippen MR) is 68.8 cm³/mol. The molecule has 0 unspecified atom stereocenters. The first kappa shape index (κ1) is 14.2. The van der Waals surface area contributed by atoms with E-state index in [2.05, 4.69) is 0 Å². The topological polar surface area (TPSA) is 66.8 Å². The Morgan fingerprint density at radius 3 is 2.28 bits per heavy atom. The maximum atomic E-state index is 12.6. The van der Waals surface area contributed by atoms with E-state index in [4.69, 9.17) is 9.84 Å². The lowest BCUT2D eigenvalue weighted by Crippen LogP contribution is -2.47. The van der Waals surface area contributed by atoms with Gasteiger partial charge in [-0.25, -0.2) is 8.42 Å². The van der Waals surface area contributed by atoms with Crippen LogP contribution in [0.2, 0.25) is 0 Å². The highest BCUT2D eigenvalue weighted by Gasteiger charge is 2.37. The number of aliphatic hydroxyl groups is 1. The molecular weight excluding hydrogens is 254 g/mol. The zero-order valence-corrected chi connectivity index (χ0v) is 11.6. The monoisotopic (exact) mass is 277 g/mol. The van der Waals surface area contributed by atoms with Gasteiger partial charge in [0.05, 0.1) is 11.9 Å². The second-order valence-corrected chi connectivity index (χ2v) is 7.29. The number of sulfonamides is 1. The van der Waals surface area contributed by atoms with Crippen molar-refractivity contribution in [2.75, 3.05) is 26.4 Å². The fraction of sp³-hybridized carbons (Fsp3) is 1.00. The predicted octanol–water partition coefficient (Wildman–Crippen LogP) is 0.732. The average Bonchev–Trinajstić information content (AvgIpc) is 2.90. The lowest BCUT2D eigenvalue weighted by Gasteiger charge is -2.33. The van der Waals surface area contributed by atoms with E-state index in [0.717, 1.165) is 25.7 Å². The van der Waals surface area contributed by atoms with Crippen molar-refractivity contribution in [2.45, 2.75) is 49.8 Å². The van der Waals surface area contributed by atoms with Gasteiger partial charge in [-0.3, -0.25) is 0 Å². The van der Waals surface area contributed by atoms with Crippen LogP contribution in [0.3, 0.4) is 0 Å². The van der Waals surface area contributed by atoms with E-state index in [1.54, 1.807) is 4.31 Å². The second-order valence-electron chi connectivity index (χ2n) is 5.13. The highest BCUT2D eigenvalue weighted by atomic mass is 32.2. The maximum absolute atomic E-state index is 12.6. The molecule has 6 heteroatoms. The van der Waals surface area contributed by atoms with Crippen LogP contribution in [0.5, 0.6) is 0 Å². The normalized spacial score (nSPS) is 23.9. The minimum absolute atomic E-state index is 0.0983. The Kier molecular flexibility index (Phi) is 5.00. The summed E-state index contributed by atoms with van der Waals surface area (Å²) in [5.41, 5.74) is 0. The molecular formula is C12H23NO4S. The van der Waals surface area contributed by atoms with Crippen molar-refractivity contribution in [1.82, 2.24) is 4.31 Å². The van der Waals surface area contributed by atoms with Crippen molar-refractivity contribution in [1.29, 1.82) is 0 Å². The molecule has 0 aromatic carbocycles. The van der Waals surface area contributed by atoms with Crippen LogP contribution in [0, 0.1) is 0 Å². The first-order chi connectivity index (χ1) is 8.66. The number of hydrogen-bond acceptors (Lipinski definition) is 4. The highest BCUT2D eigenvalue weighted by Crippen LogP contribution is 2.29. The Morgan fingerprint density at radius 2 is 1.72 bits per heavy atom. The quantitative estimate of drug-likeness (QED) is 0.804. The molecule has 5 nitrogen and oxygen atoms in total. The van der Waals surface area contributed by atoms with Crippen molar-refractivity contribution in [3.05, 3.63) is 0 Å². The fourth-order valence-electron chi connectivity index (χ4n) is 2.97. The van der Waals surface area contributed by atoms with E-state index in [1.807, 2.05) is 0 Å². The summed E-state index contributed by atoms with van der Waals surface area (Å²) in [5.74, 6) is 0. The smallest absolute Gasteiger partial charge is 0.217 e. The van der Waals surface area contributed by atoms with Crippen LogP contribution in [0.15, 0.2) is 0 Å². The Morgan fingerprint density at radius 1 is 1.11 bits per heavy atom. The van der Waals surface area contributed by atoms with Gasteiger partial charge in [-0.1, -0.05) is 12.8 Å². The minimum Gasteiger partial charge on any atom is -0.395 e. The van der Waals surface area contributed by atoms with Crippen molar-refractivity contribution >= 4 is 10.0 Å². The molecule has 1 heterocycles. The molecule has 1 N–H and O–H groups in total. The molecule has 0 atom stereocenters. The van der Waals surface area contributed by atoms with E-state index in [1.165, 1.54) is 0 Å². The first-order valence-corrected chi connectivity index (χ1v) is 8.36. The molecule has 0 bridgehead atoms. The zero-order valence-electron chi connectivity index (χ0n) is 10.8.